The van der Waals surface area contributed by atoms with Crippen LogP contribution in [0.3, 0.4) is 0 Å². The van der Waals surface area contributed by atoms with Crippen LogP contribution in [-0.2, 0) is 4.74 Å². The molecule has 0 rings (SSSR count). The number of hydrogen-bond donors (Lipinski definition) is 2. The Bertz CT molecular complexity index is 184. The Kier molecular flexibility index (Phi) is 8.78. The van der Waals surface area contributed by atoms with Crippen molar-refractivity contribution in [3.63, 3.8) is 0 Å². The lowest BCUT2D eigenvalue weighted by Crippen LogP contribution is -2.49. The fourth-order valence-electron chi connectivity index (χ4n) is 1.65. The second-order valence-corrected chi connectivity index (χ2v) is 5.10. The van der Waals surface area contributed by atoms with Crippen LogP contribution in [0.15, 0.2) is 0 Å². The normalized spacial score (nSPS) is 15.5. The minimum atomic E-state index is -0.688. The Labute approximate surface area is 106 Å². The fraction of sp³-hybridized carbons (Fsp3) is 1.00. The molecule has 0 saturated heterocycles. The van der Waals surface area contributed by atoms with Crippen molar-refractivity contribution in [2.45, 2.75) is 46.3 Å². The van der Waals surface area contributed by atoms with E-state index in [0.717, 1.165) is 26.3 Å². The van der Waals surface area contributed by atoms with Crippen molar-refractivity contribution < 1.29 is 9.84 Å². The van der Waals surface area contributed by atoms with E-state index in [4.69, 9.17) is 4.74 Å². The molecule has 1 unspecified atom stereocenters. The lowest BCUT2D eigenvalue weighted by molar-refractivity contribution is 0.0111. The Morgan fingerprint density at radius 2 is 2.00 bits per heavy atom. The summed E-state index contributed by atoms with van der Waals surface area (Å²) in [6.07, 6.45) is 0. The molecule has 0 aromatic heterocycles. The number of nitrogens with one attached hydrogen (secondary N) is 1. The molecule has 104 valence electrons. The molecule has 1 atom stereocenters. The highest BCUT2D eigenvalue weighted by atomic mass is 16.5. The summed E-state index contributed by atoms with van der Waals surface area (Å²) in [6, 6.07) is 0.403. The first-order valence-corrected chi connectivity index (χ1v) is 6.67. The predicted molar refractivity (Wildman–Crippen MR) is 72.4 cm³/mol. The Hall–Kier alpha value is -0.160. The molecular formula is C13H30N2O2. The van der Waals surface area contributed by atoms with E-state index in [1.165, 1.54) is 0 Å². The van der Waals surface area contributed by atoms with E-state index in [-0.39, 0.29) is 0 Å². The molecule has 0 saturated carbocycles. The molecule has 0 fully saturated rings. The van der Waals surface area contributed by atoms with Crippen molar-refractivity contribution in [3.05, 3.63) is 0 Å². The van der Waals surface area contributed by atoms with Crippen LogP contribution in [0.4, 0.5) is 0 Å². The molecule has 0 aliphatic heterocycles. The van der Waals surface area contributed by atoms with Crippen molar-refractivity contribution in [2.24, 2.45) is 0 Å². The van der Waals surface area contributed by atoms with Gasteiger partial charge in [0.25, 0.3) is 0 Å². The highest BCUT2D eigenvalue weighted by molar-refractivity contribution is 4.80. The van der Waals surface area contributed by atoms with Crippen LogP contribution in [0.1, 0.15) is 34.6 Å². The van der Waals surface area contributed by atoms with Gasteiger partial charge in [0.05, 0.1) is 12.2 Å². The largest absolute Gasteiger partial charge is 0.388 e. The second kappa shape index (κ2) is 8.86. The zero-order valence-electron chi connectivity index (χ0n) is 12.1. The first-order chi connectivity index (χ1) is 7.91. The molecule has 2 N–H and O–H groups in total. The number of likely N-dealkylation sites (N-methyl/N-ethyl adjacent to an activating group) is 1. The van der Waals surface area contributed by atoms with Gasteiger partial charge in [-0.3, -0.25) is 4.90 Å². The van der Waals surface area contributed by atoms with Gasteiger partial charge in [-0.25, -0.2) is 0 Å². The van der Waals surface area contributed by atoms with Gasteiger partial charge >= 0.3 is 0 Å². The minimum Gasteiger partial charge on any atom is -0.388 e. The maximum absolute atomic E-state index is 10.3. The van der Waals surface area contributed by atoms with Gasteiger partial charge in [-0.05, 0) is 20.4 Å². The monoisotopic (exact) mass is 246 g/mol. The molecule has 0 bridgehead atoms. The number of hydrogen-bond acceptors (Lipinski definition) is 4. The Morgan fingerprint density at radius 1 is 1.35 bits per heavy atom. The fourth-order valence-corrected chi connectivity index (χ4v) is 1.65. The van der Waals surface area contributed by atoms with Gasteiger partial charge in [0.15, 0.2) is 0 Å². The minimum absolute atomic E-state index is 0.403. The van der Waals surface area contributed by atoms with Crippen LogP contribution in [0, 0.1) is 0 Å². The summed E-state index contributed by atoms with van der Waals surface area (Å²) >= 11 is 0. The van der Waals surface area contributed by atoms with Crippen molar-refractivity contribution in [2.75, 3.05) is 39.4 Å². The van der Waals surface area contributed by atoms with E-state index in [9.17, 15) is 5.11 Å². The first-order valence-electron chi connectivity index (χ1n) is 6.67. The van der Waals surface area contributed by atoms with E-state index >= 15 is 0 Å². The van der Waals surface area contributed by atoms with E-state index in [0.29, 0.717) is 19.1 Å². The summed E-state index contributed by atoms with van der Waals surface area (Å²) in [5.74, 6) is 0. The van der Waals surface area contributed by atoms with Crippen LogP contribution in [-0.4, -0.2) is 61.0 Å². The molecule has 0 aromatic rings. The predicted octanol–water partition coefficient (Wildman–Crippen LogP) is 1.09. The highest BCUT2D eigenvalue weighted by Gasteiger charge is 2.23. The summed E-state index contributed by atoms with van der Waals surface area (Å²) in [4.78, 5) is 2.22. The number of nitrogens with zero attached hydrogens (tertiary/aromatic N) is 1. The molecule has 0 heterocycles. The van der Waals surface area contributed by atoms with Crippen LogP contribution < -0.4 is 5.32 Å². The SMILES string of the molecule is CCOCCN(CC)CC(C)(O)CNC(C)C. The lowest BCUT2D eigenvalue weighted by Gasteiger charge is -2.31. The van der Waals surface area contributed by atoms with E-state index in [1.807, 2.05) is 13.8 Å². The van der Waals surface area contributed by atoms with Crippen molar-refractivity contribution in [1.29, 1.82) is 0 Å². The third-order valence-corrected chi connectivity index (χ3v) is 2.66. The summed E-state index contributed by atoms with van der Waals surface area (Å²) in [6.45, 7) is 14.8. The maximum Gasteiger partial charge on any atom is 0.0869 e. The zero-order valence-corrected chi connectivity index (χ0v) is 12.1. The lowest BCUT2D eigenvalue weighted by atomic mass is 10.1. The maximum atomic E-state index is 10.3. The molecule has 0 aliphatic rings. The standard InChI is InChI=1S/C13H30N2O2/c1-6-15(8-9-17-7-2)11-13(5,16)10-14-12(3)4/h12,14,16H,6-11H2,1-5H3. The molecule has 0 aromatic carbocycles. The Morgan fingerprint density at radius 3 is 2.47 bits per heavy atom. The average molecular weight is 246 g/mol. The van der Waals surface area contributed by atoms with Crippen molar-refractivity contribution in [1.82, 2.24) is 10.2 Å². The third kappa shape index (κ3) is 9.53. The summed E-state index contributed by atoms with van der Waals surface area (Å²) in [5.41, 5.74) is -0.688. The van der Waals surface area contributed by atoms with Crippen molar-refractivity contribution in [3.8, 4) is 0 Å². The highest BCUT2D eigenvalue weighted by Crippen LogP contribution is 2.05. The van der Waals surface area contributed by atoms with Crippen LogP contribution in [0.2, 0.25) is 0 Å². The quantitative estimate of drug-likeness (QED) is 0.567. The van der Waals surface area contributed by atoms with Gasteiger partial charge < -0.3 is 15.2 Å². The van der Waals surface area contributed by atoms with Crippen LogP contribution >= 0.6 is 0 Å². The topological polar surface area (TPSA) is 44.7 Å². The molecule has 0 radical (unpaired) electrons. The van der Waals surface area contributed by atoms with Gasteiger partial charge in [-0.1, -0.05) is 20.8 Å². The number of aliphatic hydroxyl groups is 1. The number of ether oxygens (including phenoxy) is 1. The molecule has 0 amide bonds. The zero-order chi connectivity index (χ0) is 13.3. The van der Waals surface area contributed by atoms with Gasteiger partial charge in [-0.2, -0.15) is 0 Å². The molecule has 0 spiro atoms. The van der Waals surface area contributed by atoms with E-state index < -0.39 is 5.60 Å². The molecule has 4 heteroatoms. The summed E-state index contributed by atoms with van der Waals surface area (Å²) < 4.78 is 5.34. The van der Waals surface area contributed by atoms with Gasteiger partial charge in [0.1, 0.15) is 0 Å². The van der Waals surface area contributed by atoms with E-state index in [1.54, 1.807) is 0 Å². The molecule has 17 heavy (non-hydrogen) atoms. The molecule has 0 aliphatic carbocycles. The first kappa shape index (κ1) is 16.8. The molecule has 4 nitrogen and oxygen atoms in total. The summed E-state index contributed by atoms with van der Waals surface area (Å²) in [5, 5.41) is 13.6. The van der Waals surface area contributed by atoms with Crippen LogP contribution in [0.25, 0.3) is 0 Å². The van der Waals surface area contributed by atoms with Gasteiger partial charge in [-0.15, -0.1) is 0 Å². The van der Waals surface area contributed by atoms with E-state index in [2.05, 4.69) is 31.0 Å². The summed E-state index contributed by atoms with van der Waals surface area (Å²) in [7, 11) is 0. The second-order valence-electron chi connectivity index (χ2n) is 5.10. The molecular weight excluding hydrogens is 216 g/mol. The smallest absolute Gasteiger partial charge is 0.0869 e. The van der Waals surface area contributed by atoms with Gasteiger partial charge in [0, 0.05) is 32.3 Å². The average Bonchev–Trinajstić information content (AvgIpc) is 2.25. The number of rotatable bonds is 10. The Balaban J connectivity index is 3.96. The van der Waals surface area contributed by atoms with Crippen molar-refractivity contribution >= 4 is 0 Å². The third-order valence-electron chi connectivity index (χ3n) is 2.66. The van der Waals surface area contributed by atoms with Gasteiger partial charge in [0.2, 0.25) is 0 Å². The van der Waals surface area contributed by atoms with Crippen LogP contribution in [0.5, 0.6) is 0 Å².